The molecule has 2 rings (SSSR count). The highest BCUT2D eigenvalue weighted by atomic mass is 16.5. The van der Waals surface area contributed by atoms with Crippen molar-refractivity contribution in [3.05, 3.63) is 47.0 Å². The van der Waals surface area contributed by atoms with Crippen molar-refractivity contribution in [2.75, 3.05) is 14.2 Å². The average molecular weight is 230 g/mol. The molecule has 0 aliphatic carbocycles. The molecule has 0 spiro atoms. The Morgan fingerprint density at radius 3 is 2.29 bits per heavy atom. The Hall–Kier alpha value is -1.38. The molecule has 0 amide bonds. The van der Waals surface area contributed by atoms with Crippen LogP contribution in [-0.4, -0.2) is 14.2 Å². The predicted octanol–water partition coefficient (Wildman–Crippen LogP) is 3.44. The second kappa shape index (κ2) is 5.30. The zero-order chi connectivity index (χ0) is 12.3. The van der Waals surface area contributed by atoms with Crippen LogP contribution in [0.15, 0.2) is 30.3 Å². The Bertz CT molecular complexity index is 518. The third-order valence-electron chi connectivity index (χ3n) is 3.08. The summed E-state index contributed by atoms with van der Waals surface area (Å²) in [6.07, 6.45) is 0. The molecule has 0 atom stereocenters. The van der Waals surface area contributed by atoms with Crippen molar-refractivity contribution in [2.45, 2.75) is 20.1 Å². The van der Waals surface area contributed by atoms with Crippen molar-refractivity contribution in [3.8, 4) is 0 Å². The largest absolute Gasteiger partial charge is 0.380 e. The first-order chi connectivity index (χ1) is 8.27. The molecular weight excluding hydrogens is 212 g/mol. The highest BCUT2D eigenvalue weighted by Crippen LogP contribution is 2.27. The van der Waals surface area contributed by atoms with E-state index in [0.29, 0.717) is 13.2 Å². The van der Waals surface area contributed by atoms with Crippen molar-refractivity contribution in [3.63, 3.8) is 0 Å². The van der Waals surface area contributed by atoms with E-state index in [1.807, 2.05) is 0 Å². The van der Waals surface area contributed by atoms with Crippen molar-refractivity contribution in [1.82, 2.24) is 0 Å². The molecule has 0 radical (unpaired) electrons. The number of fused-ring (bicyclic) bond motifs is 1. The van der Waals surface area contributed by atoms with Crippen LogP contribution in [0.1, 0.15) is 16.7 Å². The summed E-state index contributed by atoms with van der Waals surface area (Å²) in [5.41, 5.74) is 3.75. The van der Waals surface area contributed by atoms with Crippen molar-refractivity contribution in [1.29, 1.82) is 0 Å². The van der Waals surface area contributed by atoms with Crippen LogP contribution in [0.3, 0.4) is 0 Å². The van der Waals surface area contributed by atoms with Gasteiger partial charge in [0.1, 0.15) is 0 Å². The molecule has 0 aliphatic rings. The quantitative estimate of drug-likeness (QED) is 0.801. The fourth-order valence-electron chi connectivity index (χ4n) is 2.27. The van der Waals surface area contributed by atoms with Gasteiger partial charge in [0, 0.05) is 14.2 Å². The number of aryl methyl sites for hydroxylation is 1. The minimum Gasteiger partial charge on any atom is -0.380 e. The van der Waals surface area contributed by atoms with Gasteiger partial charge in [0.2, 0.25) is 0 Å². The molecular formula is C15H18O2. The van der Waals surface area contributed by atoms with Crippen LogP contribution < -0.4 is 0 Å². The van der Waals surface area contributed by atoms with E-state index in [1.54, 1.807) is 14.2 Å². The molecule has 2 aromatic rings. The summed E-state index contributed by atoms with van der Waals surface area (Å²) in [5.74, 6) is 0. The second-order valence-corrected chi connectivity index (χ2v) is 4.24. The normalized spacial score (nSPS) is 11.0. The van der Waals surface area contributed by atoms with E-state index in [2.05, 4.69) is 37.3 Å². The first-order valence-electron chi connectivity index (χ1n) is 5.76. The molecule has 0 N–H and O–H groups in total. The minimum absolute atomic E-state index is 0.626. The molecule has 0 fully saturated rings. The topological polar surface area (TPSA) is 18.5 Å². The first-order valence-corrected chi connectivity index (χ1v) is 5.76. The molecule has 0 bridgehead atoms. The molecule has 0 saturated heterocycles. The summed E-state index contributed by atoms with van der Waals surface area (Å²) in [7, 11) is 3.46. The number of hydrogen-bond acceptors (Lipinski definition) is 2. The van der Waals surface area contributed by atoms with Crippen molar-refractivity contribution in [2.24, 2.45) is 0 Å². The van der Waals surface area contributed by atoms with E-state index in [0.717, 1.165) is 0 Å². The Balaban J connectivity index is 2.69. The lowest BCUT2D eigenvalue weighted by molar-refractivity contribution is 0.169. The van der Waals surface area contributed by atoms with E-state index < -0.39 is 0 Å². The van der Waals surface area contributed by atoms with Crippen LogP contribution in [0.4, 0.5) is 0 Å². The van der Waals surface area contributed by atoms with Gasteiger partial charge >= 0.3 is 0 Å². The molecule has 0 heterocycles. The third kappa shape index (κ3) is 2.33. The summed E-state index contributed by atoms with van der Waals surface area (Å²) in [4.78, 5) is 0. The number of ether oxygens (including phenoxy) is 2. The van der Waals surface area contributed by atoms with Gasteiger partial charge < -0.3 is 9.47 Å². The highest BCUT2D eigenvalue weighted by Gasteiger charge is 2.10. The summed E-state index contributed by atoms with van der Waals surface area (Å²) >= 11 is 0. The lowest BCUT2D eigenvalue weighted by Gasteiger charge is -2.15. The van der Waals surface area contributed by atoms with E-state index in [9.17, 15) is 0 Å². The Morgan fingerprint density at radius 1 is 0.941 bits per heavy atom. The maximum absolute atomic E-state index is 5.32. The van der Waals surface area contributed by atoms with Gasteiger partial charge in [0.25, 0.3) is 0 Å². The Morgan fingerprint density at radius 2 is 1.59 bits per heavy atom. The number of methoxy groups -OCH3 is 2. The zero-order valence-corrected chi connectivity index (χ0v) is 10.6. The fourth-order valence-corrected chi connectivity index (χ4v) is 2.27. The molecule has 90 valence electrons. The number of rotatable bonds is 4. The van der Waals surface area contributed by atoms with Crippen LogP contribution in [0.25, 0.3) is 10.8 Å². The van der Waals surface area contributed by atoms with E-state index in [1.165, 1.54) is 27.5 Å². The predicted molar refractivity (Wildman–Crippen MR) is 70.1 cm³/mol. The third-order valence-corrected chi connectivity index (χ3v) is 3.08. The monoisotopic (exact) mass is 230 g/mol. The minimum atomic E-state index is 0.626. The average Bonchev–Trinajstić information content (AvgIpc) is 2.34. The summed E-state index contributed by atoms with van der Waals surface area (Å²) < 4.78 is 10.6. The Labute approximate surface area is 102 Å². The first kappa shape index (κ1) is 12.1. The maximum Gasteiger partial charge on any atom is 0.0722 e. The SMILES string of the molecule is COCc1c(C)cc2ccccc2c1COC. The summed E-state index contributed by atoms with van der Waals surface area (Å²) in [5, 5.41) is 2.52. The lowest BCUT2D eigenvalue weighted by Crippen LogP contribution is -2.02. The van der Waals surface area contributed by atoms with Crippen LogP contribution in [0.5, 0.6) is 0 Å². The number of benzene rings is 2. The number of hydrogen-bond donors (Lipinski definition) is 0. The lowest BCUT2D eigenvalue weighted by atomic mass is 9.95. The van der Waals surface area contributed by atoms with Gasteiger partial charge in [-0.2, -0.15) is 0 Å². The van der Waals surface area contributed by atoms with Crippen molar-refractivity contribution < 1.29 is 9.47 Å². The zero-order valence-electron chi connectivity index (χ0n) is 10.6. The van der Waals surface area contributed by atoms with Crippen LogP contribution in [0.2, 0.25) is 0 Å². The molecule has 2 heteroatoms. The molecule has 0 saturated carbocycles. The highest BCUT2D eigenvalue weighted by molar-refractivity contribution is 5.87. The van der Waals surface area contributed by atoms with E-state index in [4.69, 9.17) is 9.47 Å². The van der Waals surface area contributed by atoms with Gasteiger partial charge in [-0.05, 0) is 34.4 Å². The smallest absolute Gasteiger partial charge is 0.0722 e. The van der Waals surface area contributed by atoms with Crippen molar-refractivity contribution >= 4 is 10.8 Å². The Kier molecular flexibility index (Phi) is 3.77. The molecule has 2 nitrogen and oxygen atoms in total. The van der Waals surface area contributed by atoms with Gasteiger partial charge in [0.15, 0.2) is 0 Å². The van der Waals surface area contributed by atoms with Gasteiger partial charge in [-0.25, -0.2) is 0 Å². The van der Waals surface area contributed by atoms with E-state index in [-0.39, 0.29) is 0 Å². The van der Waals surface area contributed by atoms with E-state index >= 15 is 0 Å². The van der Waals surface area contributed by atoms with Crippen LogP contribution >= 0.6 is 0 Å². The standard InChI is InChI=1S/C15H18O2/c1-11-8-12-6-4-5-7-13(12)15(10-17-3)14(11)9-16-2/h4-8H,9-10H2,1-3H3. The van der Waals surface area contributed by atoms with Gasteiger partial charge in [0.05, 0.1) is 13.2 Å². The maximum atomic E-state index is 5.32. The van der Waals surface area contributed by atoms with Gasteiger partial charge in [-0.3, -0.25) is 0 Å². The van der Waals surface area contributed by atoms with Crippen LogP contribution in [-0.2, 0) is 22.7 Å². The van der Waals surface area contributed by atoms with Gasteiger partial charge in [-0.1, -0.05) is 30.3 Å². The van der Waals surface area contributed by atoms with Gasteiger partial charge in [-0.15, -0.1) is 0 Å². The molecule has 0 aliphatic heterocycles. The van der Waals surface area contributed by atoms with Crippen LogP contribution in [0, 0.1) is 6.92 Å². The molecule has 17 heavy (non-hydrogen) atoms. The summed E-state index contributed by atoms with van der Waals surface area (Å²) in [6.45, 7) is 3.39. The molecule has 2 aromatic carbocycles. The summed E-state index contributed by atoms with van der Waals surface area (Å²) in [6, 6.07) is 10.6. The molecule has 0 aromatic heterocycles. The fraction of sp³-hybridized carbons (Fsp3) is 0.333. The molecule has 0 unspecified atom stereocenters. The second-order valence-electron chi connectivity index (χ2n) is 4.24.